The van der Waals surface area contributed by atoms with E-state index in [1.165, 1.54) is 18.3 Å². The summed E-state index contributed by atoms with van der Waals surface area (Å²) in [4.78, 5) is 15.5. The predicted octanol–water partition coefficient (Wildman–Crippen LogP) is 3.38. The van der Waals surface area contributed by atoms with Gasteiger partial charge in [0.1, 0.15) is 5.17 Å². The number of hydrogen-bond acceptors (Lipinski definition) is 2. The molecule has 0 spiro atoms. The van der Waals surface area contributed by atoms with E-state index in [1.54, 1.807) is 6.92 Å². The van der Waals surface area contributed by atoms with Gasteiger partial charge in [0.25, 0.3) is 5.91 Å². The van der Waals surface area contributed by atoms with Gasteiger partial charge in [0.2, 0.25) is 0 Å². The van der Waals surface area contributed by atoms with Crippen LogP contribution in [0.1, 0.15) is 17.3 Å². The van der Waals surface area contributed by atoms with Crippen LogP contribution in [0.4, 0.5) is 8.78 Å². The summed E-state index contributed by atoms with van der Waals surface area (Å²) in [6.07, 6.45) is 2.65. The van der Waals surface area contributed by atoms with Crippen molar-refractivity contribution in [3.63, 3.8) is 0 Å². The maximum absolute atomic E-state index is 13.0. The molecule has 1 rings (SSSR count). The van der Waals surface area contributed by atoms with Crippen molar-refractivity contribution in [3.8, 4) is 0 Å². The maximum Gasteiger partial charge on any atom is 0.255 e. The summed E-state index contributed by atoms with van der Waals surface area (Å²) in [6, 6.07) is 2.86. The Bertz CT molecular complexity index is 564. The van der Waals surface area contributed by atoms with Crippen molar-refractivity contribution in [3.05, 3.63) is 59.9 Å². The van der Waals surface area contributed by atoms with Gasteiger partial charge in [-0.1, -0.05) is 18.2 Å². The van der Waals surface area contributed by atoms with Gasteiger partial charge in [-0.15, -0.1) is 0 Å². The van der Waals surface area contributed by atoms with Gasteiger partial charge in [0, 0.05) is 5.56 Å². The molecule has 19 heavy (non-hydrogen) atoms. The monoisotopic (exact) mass is 284 g/mol. The lowest BCUT2D eigenvalue weighted by Crippen LogP contribution is -2.22. The molecule has 0 aliphatic heterocycles. The topological polar surface area (TPSA) is 41.5 Å². The first-order chi connectivity index (χ1) is 8.93. The van der Waals surface area contributed by atoms with Gasteiger partial charge in [0.15, 0.2) is 11.6 Å². The van der Waals surface area contributed by atoms with Crippen molar-refractivity contribution in [1.29, 1.82) is 0 Å². The summed E-state index contributed by atoms with van der Waals surface area (Å²) in [7, 11) is 0. The number of amides is 1. The number of nitrogens with one attached hydrogen (secondary N) is 1. The van der Waals surface area contributed by atoms with Crippen molar-refractivity contribution in [2.45, 2.75) is 6.92 Å². The number of halogens is 3. The van der Waals surface area contributed by atoms with Gasteiger partial charge in [-0.25, -0.2) is 13.8 Å². The molecule has 6 heteroatoms. The number of allylic oxidation sites excluding steroid dienone is 1. The van der Waals surface area contributed by atoms with Gasteiger partial charge in [-0.05, 0) is 31.2 Å². The fraction of sp³-hybridized carbons (Fsp3) is 0.0769. The Labute approximate surface area is 114 Å². The fourth-order valence-corrected chi connectivity index (χ4v) is 1.18. The molecule has 0 unspecified atom stereocenters. The van der Waals surface area contributed by atoms with Crippen molar-refractivity contribution in [1.82, 2.24) is 5.32 Å². The minimum atomic E-state index is -1.09. The van der Waals surface area contributed by atoms with Crippen LogP contribution in [0.3, 0.4) is 0 Å². The first kappa shape index (κ1) is 15.0. The highest BCUT2D eigenvalue weighted by molar-refractivity contribution is 6.64. The number of carbonyl (C=O) groups is 1. The second-order valence-electron chi connectivity index (χ2n) is 3.50. The number of nitrogens with zero attached hydrogens (tertiary/aromatic N) is 1. The second kappa shape index (κ2) is 6.80. The molecule has 1 aromatic carbocycles. The third-order valence-corrected chi connectivity index (χ3v) is 2.14. The van der Waals surface area contributed by atoms with Gasteiger partial charge in [-0.2, -0.15) is 0 Å². The van der Waals surface area contributed by atoms with E-state index >= 15 is 0 Å². The predicted molar refractivity (Wildman–Crippen MR) is 71.1 cm³/mol. The van der Waals surface area contributed by atoms with E-state index in [9.17, 15) is 13.6 Å². The van der Waals surface area contributed by atoms with E-state index in [-0.39, 0.29) is 16.4 Å². The maximum atomic E-state index is 13.0. The normalized spacial score (nSPS) is 12.2. The summed E-state index contributed by atoms with van der Waals surface area (Å²) in [5, 5.41) is 2.71. The molecule has 0 saturated carbocycles. The number of rotatable bonds is 4. The number of aliphatic imine (C=N–C) groups is 1. The molecule has 0 atom stereocenters. The standard InChI is InChI=1S/C13H11ClF2N2O/c1-3-10(7-17-8(2)14)18-13(19)9-4-5-11(15)12(16)6-9/h3-7H,1H2,2H3,(H,18,19)/b10-7+,17-8+. The van der Waals surface area contributed by atoms with Crippen LogP contribution in [0.2, 0.25) is 0 Å². The number of carbonyl (C=O) groups excluding carboxylic acids is 1. The molecule has 0 bridgehead atoms. The van der Waals surface area contributed by atoms with Crippen LogP contribution < -0.4 is 5.32 Å². The molecule has 1 N–H and O–H groups in total. The van der Waals surface area contributed by atoms with Crippen molar-refractivity contribution < 1.29 is 13.6 Å². The average molecular weight is 285 g/mol. The molecule has 1 aromatic rings. The first-order valence-corrected chi connectivity index (χ1v) is 5.60. The minimum Gasteiger partial charge on any atom is -0.321 e. The largest absolute Gasteiger partial charge is 0.321 e. The van der Waals surface area contributed by atoms with Crippen LogP contribution in [-0.4, -0.2) is 11.1 Å². The van der Waals surface area contributed by atoms with E-state index in [2.05, 4.69) is 16.9 Å². The Kier molecular flexibility index (Phi) is 5.38. The lowest BCUT2D eigenvalue weighted by molar-refractivity contribution is 0.0966. The highest BCUT2D eigenvalue weighted by Gasteiger charge is 2.10. The zero-order chi connectivity index (χ0) is 14.4. The molecule has 0 aliphatic carbocycles. The Hall–Kier alpha value is -2.01. The van der Waals surface area contributed by atoms with E-state index in [0.29, 0.717) is 0 Å². The summed E-state index contributed by atoms with van der Waals surface area (Å²) in [6.45, 7) is 5.05. The third kappa shape index (κ3) is 4.63. The molecule has 3 nitrogen and oxygen atoms in total. The molecule has 100 valence electrons. The molecule has 0 radical (unpaired) electrons. The third-order valence-electron chi connectivity index (χ3n) is 2.04. The Morgan fingerprint density at radius 1 is 1.42 bits per heavy atom. The van der Waals surface area contributed by atoms with Crippen molar-refractivity contribution in [2.75, 3.05) is 0 Å². The summed E-state index contributed by atoms with van der Waals surface area (Å²) < 4.78 is 25.7. The van der Waals surface area contributed by atoms with E-state index in [0.717, 1.165) is 12.1 Å². The van der Waals surface area contributed by atoms with Crippen LogP contribution in [-0.2, 0) is 0 Å². The van der Waals surface area contributed by atoms with Gasteiger partial charge in [-0.3, -0.25) is 4.79 Å². The van der Waals surface area contributed by atoms with E-state index < -0.39 is 17.5 Å². The molecular weight excluding hydrogens is 274 g/mol. The van der Waals surface area contributed by atoms with Crippen LogP contribution in [0, 0.1) is 11.6 Å². The first-order valence-electron chi connectivity index (χ1n) is 5.23. The number of hydrogen-bond donors (Lipinski definition) is 1. The van der Waals surface area contributed by atoms with Crippen LogP contribution >= 0.6 is 11.6 Å². The van der Waals surface area contributed by atoms with Crippen molar-refractivity contribution in [2.24, 2.45) is 4.99 Å². The minimum absolute atomic E-state index is 0.0155. The molecular formula is C13H11ClF2N2O. The zero-order valence-corrected chi connectivity index (χ0v) is 10.8. The quantitative estimate of drug-likeness (QED) is 0.668. The average Bonchev–Trinajstić information content (AvgIpc) is 2.37. The Morgan fingerprint density at radius 3 is 2.63 bits per heavy atom. The molecule has 1 amide bonds. The summed E-state index contributed by atoms with van der Waals surface area (Å²) in [5.41, 5.74) is 0.271. The Balaban J connectivity index is 2.89. The van der Waals surface area contributed by atoms with E-state index in [4.69, 9.17) is 11.6 Å². The summed E-state index contributed by atoms with van der Waals surface area (Å²) >= 11 is 5.54. The highest BCUT2D eigenvalue weighted by atomic mass is 35.5. The smallest absolute Gasteiger partial charge is 0.255 e. The fourth-order valence-electron chi connectivity index (χ4n) is 1.14. The highest BCUT2D eigenvalue weighted by Crippen LogP contribution is 2.09. The van der Waals surface area contributed by atoms with Crippen LogP contribution in [0.15, 0.2) is 47.7 Å². The zero-order valence-electron chi connectivity index (χ0n) is 10.1. The van der Waals surface area contributed by atoms with Gasteiger partial charge < -0.3 is 5.32 Å². The van der Waals surface area contributed by atoms with Crippen molar-refractivity contribution >= 4 is 22.7 Å². The SMILES string of the molecule is C=C/C(=C\N=C(/C)Cl)NC(=O)c1ccc(F)c(F)c1. The molecule has 0 aromatic heterocycles. The van der Waals surface area contributed by atoms with E-state index in [1.807, 2.05) is 0 Å². The Morgan fingerprint density at radius 2 is 2.11 bits per heavy atom. The lowest BCUT2D eigenvalue weighted by Gasteiger charge is -2.05. The molecule has 0 fully saturated rings. The molecule has 0 aliphatic rings. The van der Waals surface area contributed by atoms with Gasteiger partial charge >= 0.3 is 0 Å². The summed E-state index contributed by atoms with van der Waals surface area (Å²) in [5.74, 6) is -2.71. The molecule has 0 saturated heterocycles. The lowest BCUT2D eigenvalue weighted by atomic mass is 10.2. The van der Waals surface area contributed by atoms with Crippen LogP contribution in [0.25, 0.3) is 0 Å². The molecule has 0 heterocycles. The van der Waals surface area contributed by atoms with Crippen LogP contribution in [0.5, 0.6) is 0 Å². The number of benzene rings is 1. The van der Waals surface area contributed by atoms with Gasteiger partial charge in [0.05, 0.1) is 11.9 Å². The second-order valence-corrected chi connectivity index (χ2v) is 4.04.